The number of aromatic nitrogens is 2. The van der Waals surface area contributed by atoms with Gasteiger partial charge in [0.2, 0.25) is 0 Å². The highest BCUT2D eigenvalue weighted by Gasteiger charge is 2.25. The molecule has 0 aromatic carbocycles. The molecule has 102 valence electrons. The molecule has 2 unspecified atom stereocenters. The largest absolute Gasteiger partial charge is 0.311 e. The fourth-order valence-corrected chi connectivity index (χ4v) is 3.14. The number of nitrogens with one attached hydrogen (secondary N) is 1. The first-order chi connectivity index (χ1) is 8.70. The van der Waals surface area contributed by atoms with E-state index in [2.05, 4.69) is 36.5 Å². The summed E-state index contributed by atoms with van der Waals surface area (Å²) < 4.78 is 2.01. The van der Waals surface area contributed by atoms with Crippen LogP contribution in [0.25, 0.3) is 0 Å². The molecule has 1 N–H and O–H groups in total. The van der Waals surface area contributed by atoms with E-state index in [-0.39, 0.29) is 0 Å². The summed E-state index contributed by atoms with van der Waals surface area (Å²) in [5.41, 5.74) is 1.13. The van der Waals surface area contributed by atoms with Crippen molar-refractivity contribution in [1.82, 2.24) is 15.1 Å². The minimum Gasteiger partial charge on any atom is -0.311 e. The number of rotatable bonds is 6. The smallest absolute Gasteiger partial charge is 0.0762 e. The number of alkyl halides is 1. The third kappa shape index (κ3) is 3.48. The Balaban J connectivity index is 1.74. The van der Waals surface area contributed by atoms with Gasteiger partial charge in [0.05, 0.1) is 5.69 Å². The number of nitrogens with zero attached hydrogens (tertiary/aromatic N) is 2. The minimum absolute atomic E-state index is 0.439. The lowest BCUT2D eigenvalue weighted by Gasteiger charge is -2.17. The van der Waals surface area contributed by atoms with Gasteiger partial charge in [-0.15, -0.1) is 11.6 Å². The minimum atomic E-state index is 0.439. The molecular weight excluding hydrogens is 246 g/mol. The normalized spacial score (nSPS) is 24.0. The standard InChI is InChI=1S/C14H24ClN3/c1-11(2)18-7-6-14(17-18)10-16-9-13-5-3-4-12(13)8-15/h6-7,11-13,16H,3-5,8-10H2,1-2H3. The summed E-state index contributed by atoms with van der Waals surface area (Å²) in [4.78, 5) is 0. The van der Waals surface area contributed by atoms with Gasteiger partial charge in [-0.2, -0.15) is 5.10 Å². The van der Waals surface area contributed by atoms with Crippen LogP contribution < -0.4 is 5.32 Å². The topological polar surface area (TPSA) is 29.9 Å². The summed E-state index contributed by atoms with van der Waals surface area (Å²) in [6, 6.07) is 2.54. The second-order valence-electron chi connectivity index (χ2n) is 5.62. The van der Waals surface area contributed by atoms with Crippen LogP contribution in [-0.4, -0.2) is 22.2 Å². The molecule has 1 aromatic rings. The monoisotopic (exact) mass is 269 g/mol. The Morgan fingerprint density at radius 2 is 2.22 bits per heavy atom. The average Bonchev–Trinajstić information content (AvgIpc) is 2.97. The van der Waals surface area contributed by atoms with Crippen LogP contribution in [0.1, 0.15) is 44.8 Å². The lowest BCUT2D eigenvalue weighted by atomic mass is 9.98. The second-order valence-corrected chi connectivity index (χ2v) is 5.93. The first-order valence-corrected chi connectivity index (χ1v) is 7.55. The van der Waals surface area contributed by atoms with E-state index in [9.17, 15) is 0 Å². The molecule has 0 saturated heterocycles. The highest BCUT2D eigenvalue weighted by Crippen LogP contribution is 2.31. The summed E-state index contributed by atoms with van der Waals surface area (Å²) in [5, 5.41) is 8.07. The molecule has 0 radical (unpaired) electrons. The first-order valence-electron chi connectivity index (χ1n) is 7.01. The van der Waals surface area contributed by atoms with Gasteiger partial charge in [-0.3, -0.25) is 4.68 Å². The van der Waals surface area contributed by atoms with Gasteiger partial charge in [0.25, 0.3) is 0 Å². The maximum absolute atomic E-state index is 5.99. The Morgan fingerprint density at radius 3 is 2.89 bits per heavy atom. The Kier molecular flexibility index (Phi) is 5.07. The van der Waals surface area contributed by atoms with Gasteiger partial charge >= 0.3 is 0 Å². The van der Waals surface area contributed by atoms with E-state index in [1.807, 2.05) is 4.68 Å². The van der Waals surface area contributed by atoms with Crippen molar-refractivity contribution in [3.8, 4) is 0 Å². The predicted molar refractivity (Wildman–Crippen MR) is 75.9 cm³/mol. The maximum atomic E-state index is 5.99. The lowest BCUT2D eigenvalue weighted by Crippen LogP contribution is -2.25. The van der Waals surface area contributed by atoms with E-state index in [1.165, 1.54) is 19.3 Å². The number of halogens is 1. The van der Waals surface area contributed by atoms with Gasteiger partial charge in [-0.05, 0) is 51.1 Å². The quantitative estimate of drug-likeness (QED) is 0.804. The summed E-state index contributed by atoms with van der Waals surface area (Å²) in [7, 11) is 0. The van der Waals surface area contributed by atoms with Crippen molar-refractivity contribution in [2.24, 2.45) is 11.8 Å². The van der Waals surface area contributed by atoms with Crippen molar-refractivity contribution in [3.05, 3.63) is 18.0 Å². The molecular formula is C14H24ClN3. The van der Waals surface area contributed by atoms with Gasteiger partial charge in [-0.25, -0.2) is 0 Å². The number of hydrogen-bond acceptors (Lipinski definition) is 2. The molecule has 0 spiro atoms. The molecule has 18 heavy (non-hydrogen) atoms. The highest BCUT2D eigenvalue weighted by molar-refractivity contribution is 6.18. The van der Waals surface area contributed by atoms with Gasteiger partial charge in [-0.1, -0.05) is 6.42 Å². The van der Waals surface area contributed by atoms with Crippen molar-refractivity contribution >= 4 is 11.6 Å². The van der Waals surface area contributed by atoms with Crippen LogP contribution in [0, 0.1) is 11.8 Å². The summed E-state index contributed by atoms with van der Waals surface area (Å²) in [6.07, 6.45) is 6.02. The Morgan fingerprint density at radius 1 is 1.44 bits per heavy atom. The van der Waals surface area contributed by atoms with E-state index in [0.717, 1.165) is 30.6 Å². The molecule has 4 heteroatoms. The molecule has 2 atom stereocenters. The highest BCUT2D eigenvalue weighted by atomic mass is 35.5. The SMILES string of the molecule is CC(C)n1ccc(CNCC2CCCC2CCl)n1. The third-order valence-corrected chi connectivity index (χ3v) is 4.32. The predicted octanol–water partition coefficient (Wildman–Crippen LogP) is 3.21. The maximum Gasteiger partial charge on any atom is 0.0762 e. The van der Waals surface area contributed by atoms with Crippen LogP contribution in [-0.2, 0) is 6.54 Å². The zero-order chi connectivity index (χ0) is 13.0. The molecule has 1 aliphatic carbocycles. The Labute approximate surface area is 115 Å². The van der Waals surface area contributed by atoms with E-state index < -0.39 is 0 Å². The van der Waals surface area contributed by atoms with Crippen molar-refractivity contribution in [1.29, 1.82) is 0 Å². The van der Waals surface area contributed by atoms with E-state index >= 15 is 0 Å². The molecule has 0 bridgehead atoms. The fourth-order valence-electron chi connectivity index (χ4n) is 2.73. The number of hydrogen-bond donors (Lipinski definition) is 1. The zero-order valence-electron chi connectivity index (χ0n) is 11.4. The van der Waals surface area contributed by atoms with Crippen LogP contribution in [0.3, 0.4) is 0 Å². The third-order valence-electron chi connectivity index (χ3n) is 3.92. The first kappa shape index (κ1) is 13.9. The van der Waals surface area contributed by atoms with Crippen LogP contribution in [0.4, 0.5) is 0 Å². The van der Waals surface area contributed by atoms with Crippen molar-refractivity contribution in [2.45, 2.75) is 45.7 Å². The second kappa shape index (κ2) is 6.58. The molecule has 2 rings (SSSR count). The van der Waals surface area contributed by atoms with Crippen molar-refractivity contribution in [2.75, 3.05) is 12.4 Å². The van der Waals surface area contributed by atoms with E-state index in [1.54, 1.807) is 0 Å². The summed E-state index contributed by atoms with van der Waals surface area (Å²) in [5.74, 6) is 2.29. The molecule has 1 aromatic heterocycles. The molecule has 0 aliphatic heterocycles. The molecule has 0 amide bonds. The van der Waals surface area contributed by atoms with Gasteiger partial charge in [0, 0.05) is 24.7 Å². The fraction of sp³-hybridized carbons (Fsp3) is 0.786. The van der Waals surface area contributed by atoms with Gasteiger partial charge in [0.1, 0.15) is 0 Å². The molecule has 1 heterocycles. The van der Waals surface area contributed by atoms with Gasteiger partial charge in [0.15, 0.2) is 0 Å². The molecule has 1 aliphatic rings. The molecule has 3 nitrogen and oxygen atoms in total. The molecule has 1 saturated carbocycles. The molecule has 1 fully saturated rings. The van der Waals surface area contributed by atoms with Crippen LogP contribution >= 0.6 is 11.6 Å². The lowest BCUT2D eigenvalue weighted by molar-refractivity contribution is 0.393. The van der Waals surface area contributed by atoms with E-state index in [4.69, 9.17) is 11.6 Å². The van der Waals surface area contributed by atoms with Crippen LogP contribution in [0.2, 0.25) is 0 Å². The van der Waals surface area contributed by atoms with E-state index in [0.29, 0.717) is 12.0 Å². The summed E-state index contributed by atoms with van der Waals surface area (Å²) >= 11 is 5.99. The van der Waals surface area contributed by atoms with Crippen LogP contribution in [0.5, 0.6) is 0 Å². The van der Waals surface area contributed by atoms with Crippen molar-refractivity contribution in [3.63, 3.8) is 0 Å². The Bertz CT molecular complexity index is 362. The summed E-state index contributed by atoms with van der Waals surface area (Å²) in [6.45, 7) is 6.23. The average molecular weight is 270 g/mol. The van der Waals surface area contributed by atoms with Gasteiger partial charge < -0.3 is 5.32 Å². The van der Waals surface area contributed by atoms with Crippen molar-refractivity contribution < 1.29 is 0 Å². The Hall–Kier alpha value is -0.540. The zero-order valence-corrected chi connectivity index (χ0v) is 12.2. The van der Waals surface area contributed by atoms with Crippen LogP contribution in [0.15, 0.2) is 12.3 Å².